The molecule has 4 aromatic rings. The Morgan fingerprint density at radius 2 is 1.00 bits per heavy atom. The molecule has 0 amide bonds. The van der Waals surface area contributed by atoms with Crippen molar-refractivity contribution >= 4 is 35.7 Å². The van der Waals surface area contributed by atoms with Crippen LogP contribution in [-0.2, 0) is 9.47 Å². The molecule has 0 saturated carbocycles. The van der Waals surface area contributed by atoms with Crippen LogP contribution in [-0.4, -0.2) is 70.8 Å². The third-order valence-electron chi connectivity index (χ3n) is 6.72. The highest BCUT2D eigenvalue weighted by Gasteiger charge is 1.98. The number of aromatic nitrogens is 2. The summed E-state index contributed by atoms with van der Waals surface area (Å²) in [6, 6.07) is 24.5. The molecule has 250 valence electrons. The number of pyridine rings is 2. The van der Waals surface area contributed by atoms with Crippen LogP contribution < -0.4 is 19.7 Å². The molecule has 0 fully saturated rings. The maximum atomic E-state index is 5.58. The minimum Gasteiger partial charge on any atom is -0.478 e. The van der Waals surface area contributed by atoms with E-state index in [-0.39, 0.29) is 0 Å². The Morgan fingerprint density at radius 3 is 1.47 bits per heavy atom. The quantitative estimate of drug-likeness (QED) is 0.109. The Hall–Kier alpha value is -4.66. The molecule has 0 aliphatic carbocycles. The third kappa shape index (κ3) is 15.0. The van der Waals surface area contributed by atoms with Crippen LogP contribution in [0.15, 0.2) is 85.2 Å². The van der Waals surface area contributed by atoms with Crippen LogP contribution in [0.1, 0.15) is 48.9 Å². The van der Waals surface area contributed by atoms with Crippen LogP contribution in [0.3, 0.4) is 0 Å². The molecule has 0 aliphatic rings. The van der Waals surface area contributed by atoms with Gasteiger partial charge >= 0.3 is 0 Å². The second-order valence-corrected chi connectivity index (χ2v) is 10.8. The molecule has 0 bridgehead atoms. The van der Waals surface area contributed by atoms with Gasteiger partial charge in [0.15, 0.2) is 0 Å². The highest BCUT2D eigenvalue weighted by atomic mass is 16.5. The lowest BCUT2D eigenvalue weighted by atomic mass is 10.1. The van der Waals surface area contributed by atoms with E-state index >= 15 is 0 Å². The van der Waals surface area contributed by atoms with Gasteiger partial charge in [-0.05, 0) is 71.5 Å². The molecule has 2 heterocycles. The van der Waals surface area contributed by atoms with Crippen molar-refractivity contribution in [3.63, 3.8) is 0 Å². The highest BCUT2D eigenvalue weighted by Crippen LogP contribution is 2.16. The van der Waals surface area contributed by atoms with Gasteiger partial charge in [0.1, 0.15) is 6.61 Å². The summed E-state index contributed by atoms with van der Waals surface area (Å²) < 4.78 is 21.8. The van der Waals surface area contributed by atoms with Crippen LogP contribution >= 0.6 is 0 Å². The van der Waals surface area contributed by atoms with Gasteiger partial charge in [0.25, 0.3) is 0 Å². The van der Waals surface area contributed by atoms with Crippen LogP contribution in [0, 0.1) is 0 Å². The van der Waals surface area contributed by atoms with E-state index in [4.69, 9.17) is 18.9 Å². The average Bonchev–Trinajstić information content (AvgIpc) is 3.11. The zero-order valence-electron chi connectivity index (χ0n) is 28.5. The zero-order valence-corrected chi connectivity index (χ0v) is 28.5. The SMILES string of the molecule is CCCOCCOCCOc1ccc(/C=C/c2ccc(N(C)C)cc2)cn1.CCCOc1ccc(/C=C/c2ccc(NC)cc2)cn1. The first kappa shape index (κ1) is 36.8. The smallest absolute Gasteiger partial charge is 0.213 e. The molecule has 1 N–H and O–H groups in total. The molecule has 8 heteroatoms. The molecule has 0 unspecified atom stereocenters. The molecule has 4 rings (SSSR count). The minimum atomic E-state index is 0.480. The van der Waals surface area contributed by atoms with Crippen molar-refractivity contribution in [1.82, 2.24) is 9.97 Å². The van der Waals surface area contributed by atoms with E-state index in [1.807, 2.05) is 63.8 Å². The number of nitrogens with zero attached hydrogens (tertiary/aromatic N) is 3. The average molecular weight is 639 g/mol. The molecule has 2 aromatic heterocycles. The van der Waals surface area contributed by atoms with Gasteiger partial charge in [-0.1, -0.05) is 62.4 Å². The minimum absolute atomic E-state index is 0.480. The first-order valence-corrected chi connectivity index (χ1v) is 16.2. The number of hydrogen-bond donors (Lipinski definition) is 1. The predicted octanol–water partition coefficient (Wildman–Crippen LogP) is 8.22. The summed E-state index contributed by atoms with van der Waals surface area (Å²) in [6.07, 6.45) is 13.9. The maximum absolute atomic E-state index is 5.58. The normalized spacial score (nSPS) is 10.9. The van der Waals surface area contributed by atoms with E-state index in [2.05, 4.69) is 94.7 Å². The first-order valence-electron chi connectivity index (χ1n) is 16.2. The van der Waals surface area contributed by atoms with E-state index < -0.39 is 0 Å². The van der Waals surface area contributed by atoms with E-state index in [1.165, 1.54) is 5.69 Å². The fourth-order valence-electron chi connectivity index (χ4n) is 4.06. The van der Waals surface area contributed by atoms with Gasteiger partial charge in [-0.2, -0.15) is 0 Å². The predicted molar refractivity (Wildman–Crippen MR) is 196 cm³/mol. The molecule has 47 heavy (non-hydrogen) atoms. The number of anilines is 2. The molecule has 0 spiro atoms. The Morgan fingerprint density at radius 1 is 0.553 bits per heavy atom. The highest BCUT2D eigenvalue weighted by molar-refractivity contribution is 5.71. The molecule has 0 aliphatic heterocycles. The second kappa shape index (κ2) is 22.0. The monoisotopic (exact) mass is 638 g/mol. The van der Waals surface area contributed by atoms with Crippen molar-refractivity contribution < 1.29 is 18.9 Å². The lowest BCUT2D eigenvalue weighted by Crippen LogP contribution is -2.11. The van der Waals surface area contributed by atoms with Gasteiger partial charge < -0.3 is 29.2 Å². The van der Waals surface area contributed by atoms with Gasteiger partial charge in [-0.25, -0.2) is 9.97 Å². The molecule has 8 nitrogen and oxygen atoms in total. The van der Waals surface area contributed by atoms with Crippen molar-refractivity contribution in [2.45, 2.75) is 26.7 Å². The number of hydrogen-bond acceptors (Lipinski definition) is 8. The van der Waals surface area contributed by atoms with Gasteiger partial charge in [-0.15, -0.1) is 0 Å². The largest absolute Gasteiger partial charge is 0.478 e. The molecular formula is C39H50N4O4. The van der Waals surface area contributed by atoms with Crippen LogP contribution in [0.5, 0.6) is 11.8 Å². The topological polar surface area (TPSA) is 78.0 Å². The first-order chi connectivity index (χ1) is 23.0. The fraction of sp³-hybridized carbons (Fsp3) is 0.333. The van der Waals surface area contributed by atoms with E-state index in [1.54, 1.807) is 6.20 Å². The second-order valence-electron chi connectivity index (χ2n) is 10.8. The van der Waals surface area contributed by atoms with Crippen molar-refractivity contribution in [3.8, 4) is 11.8 Å². The molecular weight excluding hydrogens is 588 g/mol. The molecule has 0 atom stereocenters. The van der Waals surface area contributed by atoms with Gasteiger partial charge in [0.2, 0.25) is 11.8 Å². The van der Waals surface area contributed by atoms with Crippen molar-refractivity contribution in [2.24, 2.45) is 0 Å². The van der Waals surface area contributed by atoms with Gasteiger partial charge in [-0.3, -0.25) is 0 Å². The summed E-state index contributed by atoms with van der Waals surface area (Å²) in [5.74, 6) is 1.29. The molecule has 2 aromatic carbocycles. The fourth-order valence-corrected chi connectivity index (χ4v) is 4.06. The van der Waals surface area contributed by atoms with Crippen LogP contribution in [0.25, 0.3) is 24.3 Å². The van der Waals surface area contributed by atoms with E-state index in [0.29, 0.717) is 44.8 Å². The standard InChI is InChI=1S/C22H30N2O3.C17H20N2O/c1-4-13-25-14-15-26-16-17-27-22-12-9-20(18-23-22)6-5-19-7-10-21(11-8-19)24(2)3;1-3-12-20-17-11-8-15(13-19-17)5-4-14-6-9-16(18-2)10-7-14/h5-12,18H,4,13-17H2,1-3H3;4-11,13,18H,3,12H2,1-2H3/b6-5+;5-4+. The van der Waals surface area contributed by atoms with Gasteiger partial charge in [0.05, 0.1) is 26.4 Å². The maximum Gasteiger partial charge on any atom is 0.213 e. The summed E-state index contributed by atoms with van der Waals surface area (Å²) in [4.78, 5) is 10.7. The Labute approximate surface area is 281 Å². The lowest BCUT2D eigenvalue weighted by Gasteiger charge is -2.11. The summed E-state index contributed by atoms with van der Waals surface area (Å²) in [6.45, 7) is 7.89. The van der Waals surface area contributed by atoms with Gasteiger partial charge in [0, 0.05) is 63.7 Å². The van der Waals surface area contributed by atoms with Crippen molar-refractivity contribution in [1.29, 1.82) is 0 Å². The summed E-state index contributed by atoms with van der Waals surface area (Å²) in [5.41, 5.74) is 6.71. The van der Waals surface area contributed by atoms with Crippen LogP contribution in [0.2, 0.25) is 0 Å². The van der Waals surface area contributed by atoms with E-state index in [0.717, 1.165) is 47.4 Å². The number of ether oxygens (including phenoxy) is 4. The van der Waals surface area contributed by atoms with Crippen LogP contribution in [0.4, 0.5) is 11.4 Å². The van der Waals surface area contributed by atoms with E-state index in [9.17, 15) is 0 Å². The summed E-state index contributed by atoms with van der Waals surface area (Å²) >= 11 is 0. The number of benzene rings is 2. The Bertz CT molecular complexity index is 1440. The third-order valence-corrected chi connectivity index (χ3v) is 6.72. The summed E-state index contributed by atoms with van der Waals surface area (Å²) in [7, 11) is 5.99. The van der Waals surface area contributed by atoms with Crippen molar-refractivity contribution in [3.05, 3.63) is 107 Å². The molecule has 0 radical (unpaired) electrons. The number of rotatable bonds is 18. The summed E-state index contributed by atoms with van der Waals surface area (Å²) in [5, 5.41) is 3.10. The number of nitrogens with one attached hydrogen (secondary N) is 1. The molecule has 0 saturated heterocycles. The lowest BCUT2D eigenvalue weighted by molar-refractivity contribution is 0.0361. The Kier molecular flexibility index (Phi) is 17.2. The van der Waals surface area contributed by atoms with Crippen molar-refractivity contribution in [2.75, 3.05) is 71.0 Å². The Balaban J connectivity index is 0.000000267. The zero-order chi connectivity index (χ0) is 33.5.